The number of ether oxygens (including phenoxy) is 2. The van der Waals surface area contributed by atoms with E-state index in [1.165, 1.54) is 6.08 Å². The molecular weight excluding hydrogens is 368 g/mol. The molecule has 6 heteroatoms. The molecule has 0 saturated carbocycles. The molecule has 0 aliphatic heterocycles. The fourth-order valence-corrected chi connectivity index (χ4v) is 2.97. The van der Waals surface area contributed by atoms with Crippen molar-refractivity contribution in [3.8, 4) is 11.5 Å². The van der Waals surface area contributed by atoms with Gasteiger partial charge in [0.2, 0.25) is 5.91 Å². The molecule has 0 aliphatic carbocycles. The first-order valence-electron chi connectivity index (χ1n) is 9.06. The topological polar surface area (TPSA) is 76.7 Å². The first-order valence-corrected chi connectivity index (χ1v) is 9.06. The predicted molar refractivity (Wildman–Crippen MR) is 113 cm³/mol. The van der Waals surface area contributed by atoms with Crippen molar-refractivity contribution < 1.29 is 19.1 Å². The van der Waals surface area contributed by atoms with E-state index in [0.29, 0.717) is 17.1 Å². The summed E-state index contributed by atoms with van der Waals surface area (Å²) in [6, 6.07) is 18.9. The summed E-state index contributed by atoms with van der Waals surface area (Å²) in [5.41, 5.74) is 6.41. The molecule has 0 spiro atoms. The van der Waals surface area contributed by atoms with Crippen LogP contribution >= 0.6 is 0 Å². The second-order valence-electron chi connectivity index (χ2n) is 6.29. The van der Waals surface area contributed by atoms with Crippen LogP contribution < -0.4 is 20.3 Å². The summed E-state index contributed by atoms with van der Waals surface area (Å²) in [6.07, 6.45) is 3.07. The highest BCUT2D eigenvalue weighted by Crippen LogP contribution is 2.25. The SMILES string of the molecule is COc1ccc(OC)c(/C=C/C(=O)NNC(=O)Cc2cccc3ccccc23)c1. The predicted octanol–water partition coefficient (Wildman–Crippen LogP) is 3.26. The first-order chi connectivity index (χ1) is 14.1. The summed E-state index contributed by atoms with van der Waals surface area (Å²) in [4.78, 5) is 24.3. The fourth-order valence-electron chi connectivity index (χ4n) is 2.97. The van der Waals surface area contributed by atoms with Crippen LogP contribution in [0.5, 0.6) is 11.5 Å². The van der Waals surface area contributed by atoms with Gasteiger partial charge in [-0.1, -0.05) is 42.5 Å². The molecule has 0 saturated heterocycles. The number of hydrogen-bond donors (Lipinski definition) is 2. The van der Waals surface area contributed by atoms with Gasteiger partial charge >= 0.3 is 0 Å². The van der Waals surface area contributed by atoms with Gasteiger partial charge in [-0.25, -0.2) is 0 Å². The maximum atomic E-state index is 12.2. The number of carbonyl (C=O) groups is 2. The van der Waals surface area contributed by atoms with E-state index in [1.54, 1.807) is 38.5 Å². The van der Waals surface area contributed by atoms with Crippen molar-refractivity contribution in [2.75, 3.05) is 14.2 Å². The molecule has 0 radical (unpaired) electrons. The highest BCUT2D eigenvalue weighted by molar-refractivity contribution is 5.94. The van der Waals surface area contributed by atoms with Crippen molar-refractivity contribution in [2.24, 2.45) is 0 Å². The van der Waals surface area contributed by atoms with Crippen molar-refractivity contribution in [1.82, 2.24) is 10.9 Å². The van der Waals surface area contributed by atoms with Crippen molar-refractivity contribution in [3.63, 3.8) is 0 Å². The zero-order chi connectivity index (χ0) is 20.6. The van der Waals surface area contributed by atoms with Crippen molar-refractivity contribution in [3.05, 3.63) is 77.9 Å². The summed E-state index contributed by atoms with van der Waals surface area (Å²) in [6.45, 7) is 0. The highest BCUT2D eigenvalue weighted by Gasteiger charge is 2.08. The smallest absolute Gasteiger partial charge is 0.262 e. The maximum Gasteiger partial charge on any atom is 0.262 e. The van der Waals surface area contributed by atoms with Crippen LogP contribution in [0.15, 0.2) is 66.7 Å². The molecule has 3 rings (SSSR count). The lowest BCUT2D eigenvalue weighted by molar-refractivity contribution is -0.126. The summed E-state index contributed by atoms with van der Waals surface area (Å²) < 4.78 is 10.4. The summed E-state index contributed by atoms with van der Waals surface area (Å²) >= 11 is 0. The Morgan fingerprint density at radius 3 is 2.52 bits per heavy atom. The summed E-state index contributed by atoms with van der Waals surface area (Å²) in [5, 5.41) is 2.08. The second-order valence-corrected chi connectivity index (χ2v) is 6.29. The Kier molecular flexibility index (Phi) is 6.47. The minimum Gasteiger partial charge on any atom is -0.497 e. The molecule has 0 atom stereocenters. The van der Waals surface area contributed by atoms with Gasteiger partial charge in [-0.2, -0.15) is 0 Å². The minimum atomic E-state index is -0.457. The summed E-state index contributed by atoms with van der Waals surface area (Å²) in [5.74, 6) is 0.493. The third-order valence-corrected chi connectivity index (χ3v) is 4.41. The Morgan fingerprint density at radius 2 is 1.72 bits per heavy atom. The molecule has 0 fully saturated rings. The number of nitrogens with one attached hydrogen (secondary N) is 2. The largest absolute Gasteiger partial charge is 0.497 e. The van der Waals surface area contributed by atoms with E-state index in [0.717, 1.165) is 16.3 Å². The highest BCUT2D eigenvalue weighted by atomic mass is 16.5. The van der Waals surface area contributed by atoms with Crippen LogP contribution in [0.25, 0.3) is 16.8 Å². The molecule has 0 aliphatic rings. The molecule has 0 bridgehead atoms. The Morgan fingerprint density at radius 1 is 0.931 bits per heavy atom. The van der Waals surface area contributed by atoms with Crippen molar-refractivity contribution in [2.45, 2.75) is 6.42 Å². The van der Waals surface area contributed by atoms with Crippen LogP contribution in [0.1, 0.15) is 11.1 Å². The zero-order valence-electron chi connectivity index (χ0n) is 16.3. The number of rotatable bonds is 6. The Bertz CT molecular complexity index is 1050. The number of methoxy groups -OCH3 is 2. The van der Waals surface area contributed by atoms with E-state index in [4.69, 9.17) is 9.47 Å². The lowest BCUT2D eigenvalue weighted by Crippen LogP contribution is -2.41. The van der Waals surface area contributed by atoms with Gasteiger partial charge in [0, 0.05) is 11.6 Å². The monoisotopic (exact) mass is 390 g/mol. The zero-order valence-corrected chi connectivity index (χ0v) is 16.3. The molecule has 0 unspecified atom stereocenters. The standard InChI is InChI=1S/C23H22N2O4/c1-28-19-11-12-21(29-2)18(14-19)10-13-22(26)24-25-23(27)15-17-8-5-7-16-6-3-4-9-20(16)17/h3-14H,15H2,1-2H3,(H,24,26)(H,25,27)/b13-10+. The molecule has 3 aromatic carbocycles. The van der Waals surface area contributed by atoms with Crippen LogP contribution in [0.3, 0.4) is 0 Å². The quantitative estimate of drug-likeness (QED) is 0.500. The molecule has 0 heterocycles. The van der Waals surface area contributed by atoms with Gasteiger partial charge in [-0.3, -0.25) is 20.4 Å². The van der Waals surface area contributed by atoms with Crippen LogP contribution in [0.4, 0.5) is 0 Å². The van der Waals surface area contributed by atoms with E-state index in [1.807, 2.05) is 42.5 Å². The molecule has 2 amide bonds. The molecule has 2 N–H and O–H groups in total. The number of carbonyl (C=O) groups excluding carboxylic acids is 2. The van der Waals surface area contributed by atoms with Crippen LogP contribution in [-0.2, 0) is 16.0 Å². The molecule has 0 aromatic heterocycles. The van der Waals surface area contributed by atoms with Gasteiger partial charge in [-0.15, -0.1) is 0 Å². The average molecular weight is 390 g/mol. The van der Waals surface area contributed by atoms with E-state index in [-0.39, 0.29) is 12.3 Å². The van der Waals surface area contributed by atoms with Gasteiger partial charge < -0.3 is 9.47 Å². The lowest BCUT2D eigenvalue weighted by Gasteiger charge is -2.09. The Hall–Kier alpha value is -3.80. The fraction of sp³-hybridized carbons (Fsp3) is 0.130. The van der Waals surface area contributed by atoms with Gasteiger partial charge in [0.25, 0.3) is 5.91 Å². The second kappa shape index (κ2) is 9.41. The van der Waals surface area contributed by atoms with E-state index in [9.17, 15) is 9.59 Å². The third-order valence-electron chi connectivity index (χ3n) is 4.41. The number of amides is 2. The lowest BCUT2D eigenvalue weighted by atomic mass is 10.0. The molecule has 3 aromatic rings. The van der Waals surface area contributed by atoms with Crippen LogP contribution in [0.2, 0.25) is 0 Å². The van der Waals surface area contributed by atoms with E-state index < -0.39 is 5.91 Å². The van der Waals surface area contributed by atoms with E-state index in [2.05, 4.69) is 10.9 Å². The molecule has 29 heavy (non-hydrogen) atoms. The number of fused-ring (bicyclic) bond motifs is 1. The van der Waals surface area contributed by atoms with Gasteiger partial charge in [-0.05, 0) is 40.6 Å². The Balaban J connectivity index is 1.59. The Labute approximate surface area is 169 Å². The normalized spacial score (nSPS) is 10.7. The number of hydrazine groups is 1. The maximum absolute atomic E-state index is 12.2. The summed E-state index contributed by atoms with van der Waals surface area (Å²) in [7, 11) is 3.11. The number of hydrogen-bond acceptors (Lipinski definition) is 4. The number of benzene rings is 3. The first kappa shape index (κ1) is 19.9. The van der Waals surface area contributed by atoms with Crippen LogP contribution in [-0.4, -0.2) is 26.0 Å². The van der Waals surface area contributed by atoms with Crippen molar-refractivity contribution >= 4 is 28.7 Å². The van der Waals surface area contributed by atoms with Crippen LogP contribution in [0, 0.1) is 0 Å². The molecule has 148 valence electrons. The van der Waals surface area contributed by atoms with Gasteiger partial charge in [0.1, 0.15) is 11.5 Å². The minimum absolute atomic E-state index is 0.162. The van der Waals surface area contributed by atoms with Crippen molar-refractivity contribution in [1.29, 1.82) is 0 Å². The molecule has 6 nitrogen and oxygen atoms in total. The van der Waals surface area contributed by atoms with Gasteiger partial charge in [0.05, 0.1) is 20.6 Å². The van der Waals surface area contributed by atoms with Gasteiger partial charge in [0.15, 0.2) is 0 Å². The third kappa shape index (κ3) is 5.13. The average Bonchev–Trinajstić information content (AvgIpc) is 2.76. The van der Waals surface area contributed by atoms with E-state index >= 15 is 0 Å². The molecular formula is C23H22N2O4.